The van der Waals surface area contributed by atoms with Crippen LogP contribution in [0.5, 0.6) is 5.75 Å². The van der Waals surface area contributed by atoms with E-state index >= 15 is 0 Å². The van der Waals surface area contributed by atoms with Gasteiger partial charge in [0.1, 0.15) is 5.75 Å². The van der Waals surface area contributed by atoms with Crippen molar-refractivity contribution >= 4 is 50.7 Å². The maximum Gasteiger partial charge on any atom is 0.277 e. The van der Waals surface area contributed by atoms with Gasteiger partial charge in [0.15, 0.2) is 6.61 Å². The van der Waals surface area contributed by atoms with E-state index in [1.807, 2.05) is 19.1 Å². The van der Waals surface area contributed by atoms with E-state index < -0.39 is 5.91 Å². The molecule has 0 aromatic heterocycles. The molecule has 0 bridgehead atoms. The number of ether oxygens (including phenoxy) is 1. The van der Waals surface area contributed by atoms with Crippen LogP contribution in [0.1, 0.15) is 18.9 Å². The minimum Gasteiger partial charge on any atom is -0.484 e. The van der Waals surface area contributed by atoms with Crippen molar-refractivity contribution in [2.45, 2.75) is 20.3 Å². The first-order valence-corrected chi connectivity index (χ1v) is 9.27. The van der Waals surface area contributed by atoms with Crippen molar-refractivity contribution < 1.29 is 14.3 Å². The third-order valence-electron chi connectivity index (χ3n) is 3.40. The SMILES string of the molecule is CC(CC(=O)Nc1cccc(Cl)c1)=NNC(=O)COc1ccc(Br)c(C)c1. The molecule has 6 nitrogen and oxygen atoms in total. The van der Waals surface area contributed by atoms with E-state index in [2.05, 4.69) is 31.8 Å². The normalized spacial score (nSPS) is 11.0. The van der Waals surface area contributed by atoms with E-state index in [0.717, 1.165) is 10.0 Å². The second-order valence-corrected chi connectivity index (χ2v) is 7.11. The molecule has 0 aliphatic heterocycles. The highest BCUT2D eigenvalue weighted by Gasteiger charge is 2.07. The Labute approximate surface area is 171 Å². The van der Waals surface area contributed by atoms with Crippen LogP contribution in [0.3, 0.4) is 0 Å². The molecule has 0 spiro atoms. The number of nitrogens with one attached hydrogen (secondary N) is 2. The van der Waals surface area contributed by atoms with Crippen molar-refractivity contribution in [2.24, 2.45) is 5.10 Å². The van der Waals surface area contributed by atoms with Crippen molar-refractivity contribution in [3.8, 4) is 5.75 Å². The van der Waals surface area contributed by atoms with Crippen molar-refractivity contribution in [1.82, 2.24) is 5.43 Å². The van der Waals surface area contributed by atoms with Gasteiger partial charge in [0.25, 0.3) is 5.91 Å². The summed E-state index contributed by atoms with van der Waals surface area (Å²) in [4.78, 5) is 23.8. The number of nitrogens with zero attached hydrogens (tertiary/aromatic N) is 1. The molecule has 2 aromatic carbocycles. The number of benzene rings is 2. The quantitative estimate of drug-likeness (QED) is 0.485. The minimum atomic E-state index is -0.412. The summed E-state index contributed by atoms with van der Waals surface area (Å²) in [6.07, 6.45) is 0.0412. The van der Waals surface area contributed by atoms with Crippen LogP contribution in [-0.2, 0) is 9.59 Å². The molecular formula is C19H19BrClN3O3. The zero-order valence-corrected chi connectivity index (χ0v) is 17.2. The van der Waals surface area contributed by atoms with Gasteiger partial charge < -0.3 is 10.1 Å². The lowest BCUT2D eigenvalue weighted by atomic mass is 10.2. The lowest BCUT2D eigenvalue weighted by molar-refractivity contribution is -0.123. The summed E-state index contributed by atoms with van der Waals surface area (Å²) in [6, 6.07) is 12.3. The zero-order valence-electron chi connectivity index (χ0n) is 14.9. The van der Waals surface area contributed by atoms with Gasteiger partial charge in [-0.25, -0.2) is 5.43 Å². The third kappa shape index (κ3) is 7.40. The molecule has 0 radical (unpaired) electrons. The van der Waals surface area contributed by atoms with E-state index in [1.165, 1.54) is 0 Å². The number of hydrogen-bond donors (Lipinski definition) is 2. The van der Waals surface area contributed by atoms with Gasteiger partial charge in [-0.15, -0.1) is 0 Å². The van der Waals surface area contributed by atoms with Gasteiger partial charge in [0.2, 0.25) is 5.91 Å². The fraction of sp³-hybridized carbons (Fsp3) is 0.211. The van der Waals surface area contributed by atoms with Crippen LogP contribution in [-0.4, -0.2) is 24.1 Å². The molecule has 0 saturated heterocycles. The van der Waals surface area contributed by atoms with Crippen molar-refractivity contribution in [3.63, 3.8) is 0 Å². The molecule has 0 unspecified atom stereocenters. The predicted molar refractivity (Wildman–Crippen MR) is 110 cm³/mol. The van der Waals surface area contributed by atoms with Crippen LogP contribution in [0.25, 0.3) is 0 Å². The molecule has 0 heterocycles. The van der Waals surface area contributed by atoms with Gasteiger partial charge in [-0.05, 0) is 55.8 Å². The molecule has 2 amide bonds. The summed E-state index contributed by atoms with van der Waals surface area (Å²) in [6.45, 7) is 3.41. The molecule has 0 fully saturated rings. The van der Waals surface area contributed by atoms with Gasteiger partial charge in [-0.1, -0.05) is 33.6 Å². The average molecular weight is 453 g/mol. The highest BCUT2D eigenvalue weighted by Crippen LogP contribution is 2.21. The molecule has 142 valence electrons. The lowest BCUT2D eigenvalue weighted by Crippen LogP contribution is -2.26. The van der Waals surface area contributed by atoms with Crippen LogP contribution in [0.4, 0.5) is 5.69 Å². The molecule has 0 aliphatic carbocycles. The number of rotatable bonds is 7. The number of amides is 2. The summed E-state index contributed by atoms with van der Waals surface area (Å²) in [7, 11) is 0. The van der Waals surface area contributed by atoms with E-state index in [1.54, 1.807) is 37.3 Å². The van der Waals surface area contributed by atoms with Crippen LogP contribution in [0.15, 0.2) is 52.0 Å². The summed E-state index contributed by atoms with van der Waals surface area (Å²) in [5.74, 6) is -0.0769. The molecule has 0 aliphatic rings. The second kappa shape index (κ2) is 10.1. The number of hydrogen-bond acceptors (Lipinski definition) is 4. The fourth-order valence-electron chi connectivity index (χ4n) is 2.09. The summed E-state index contributed by atoms with van der Waals surface area (Å²) in [5, 5.41) is 7.16. The molecule has 2 aromatic rings. The van der Waals surface area contributed by atoms with Gasteiger partial charge in [-0.2, -0.15) is 5.10 Å². The van der Waals surface area contributed by atoms with E-state index in [4.69, 9.17) is 16.3 Å². The van der Waals surface area contributed by atoms with Crippen molar-refractivity contribution in [3.05, 3.63) is 57.5 Å². The Bertz CT molecular complexity index is 871. The first kappa shape index (κ1) is 20.9. The Hall–Kier alpha value is -2.38. The Kier molecular flexibility index (Phi) is 7.82. The van der Waals surface area contributed by atoms with Gasteiger partial charge in [0, 0.05) is 20.9 Å². The Morgan fingerprint density at radius 3 is 2.67 bits per heavy atom. The minimum absolute atomic E-state index is 0.0412. The van der Waals surface area contributed by atoms with Crippen LogP contribution in [0.2, 0.25) is 5.02 Å². The maximum atomic E-state index is 12.0. The van der Waals surface area contributed by atoms with E-state index in [9.17, 15) is 9.59 Å². The number of hydrazone groups is 1. The number of anilines is 1. The summed E-state index contributed by atoms with van der Waals surface area (Å²) >= 11 is 9.27. The van der Waals surface area contributed by atoms with Crippen LogP contribution < -0.4 is 15.5 Å². The zero-order chi connectivity index (χ0) is 19.8. The van der Waals surface area contributed by atoms with Gasteiger partial charge in [0.05, 0.1) is 6.42 Å². The molecule has 2 rings (SSSR count). The van der Waals surface area contributed by atoms with Crippen molar-refractivity contribution in [1.29, 1.82) is 0 Å². The van der Waals surface area contributed by atoms with Gasteiger partial charge in [-0.3, -0.25) is 9.59 Å². The molecule has 0 atom stereocenters. The number of halogens is 2. The molecule has 2 N–H and O–H groups in total. The molecule has 0 saturated carbocycles. The number of carbonyl (C=O) groups is 2. The average Bonchev–Trinajstić information content (AvgIpc) is 2.61. The lowest BCUT2D eigenvalue weighted by Gasteiger charge is -2.08. The first-order valence-electron chi connectivity index (χ1n) is 8.10. The first-order chi connectivity index (χ1) is 12.8. The smallest absolute Gasteiger partial charge is 0.277 e. The monoisotopic (exact) mass is 451 g/mol. The Balaban J connectivity index is 1.77. The second-order valence-electron chi connectivity index (χ2n) is 5.82. The Morgan fingerprint density at radius 1 is 1.19 bits per heavy atom. The van der Waals surface area contributed by atoms with Gasteiger partial charge >= 0.3 is 0 Å². The number of aryl methyl sites for hydroxylation is 1. The van der Waals surface area contributed by atoms with Crippen LogP contribution >= 0.6 is 27.5 Å². The molecule has 8 heteroatoms. The maximum absolute atomic E-state index is 12.0. The largest absolute Gasteiger partial charge is 0.484 e. The Morgan fingerprint density at radius 2 is 1.96 bits per heavy atom. The topological polar surface area (TPSA) is 79.8 Å². The summed E-state index contributed by atoms with van der Waals surface area (Å²) < 4.78 is 6.38. The predicted octanol–water partition coefficient (Wildman–Crippen LogP) is 4.31. The summed E-state index contributed by atoms with van der Waals surface area (Å²) in [5.41, 5.74) is 4.44. The fourth-order valence-corrected chi connectivity index (χ4v) is 2.53. The standard InChI is InChI=1S/C19H19BrClN3O3/c1-12-8-16(6-7-17(12)20)27-11-19(26)24-23-13(2)9-18(25)22-15-5-3-4-14(21)10-15/h3-8,10H,9,11H2,1-2H3,(H,22,25)(H,24,26). The highest BCUT2D eigenvalue weighted by atomic mass is 79.9. The number of carbonyl (C=O) groups excluding carboxylic acids is 2. The highest BCUT2D eigenvalue weighted by molar-refractivity contribution is 9.10. The van der Waals surface area contributed by atoms with E-state index in [0.29, 0.717) is 22.2 Å². The molecule has 27 heavy (non-hydrogen) atoms. The molecular weight excluding hydrogens is 434 g/mol. The van der Waals surface area contributed by atoms with E-state index in [-0.39, 0.29) is 18.9 Å². The third-order valence-corrected chi connectivity index (χ3v) is 4.52. The van der Waals surface area contributed by atoms with Crippen molar-refractivity contribution in [2.75, 3.05) is 11.9 Å². The van der Waals surface area contributed by atoms with Crippen LogP contribution in [0, 0.1) is 6.92 Å².